The Bertz CT molecular complexity index is 1650. The van der Waals surface area contributed by atoms with Crippen LogP contribution >= 0.6 is 23.2 Å². The molecule has 6 rings (SSSR count). The van der Waals surface area contributed by atoms with Gasteiger partial charge in [-0.05, 0) is 49.2 Å². The first-order chi connectivity index (χ1) is 20.2. The fourth-order valence-electron chi connectivity index (χ4n) is 5.61. The van der Waals surface area contributed by atoms with E-state index in [1.165, 1.54) is 22.2 Å². The lowest BCUT2D eigenvalue weighted by Crippen LogP contribution is -2.44. The number of hydrogen-bond acceptors (Lipinski definition) is 8. The van der Waals surface area contributed by atoms with Gasteiger partial charge in [-0.15, -0.1) is 0 Å². The molecule has 0 radical (unpaired) electrons. The predicted octanol–water partition coefficient (Wildman–Crippen LogP) is 5.29. The smallest absolute Gasteiger partial charge is 0.264 e. The maximum Gasteiger partial charge on any atom is 0.264 e. The lowest BCUT2D eigenvalue weighted by Gasteiger charge is -2.26. The zero-order valence-corrected chi connectivity index (χ0v) is 24.5. The SMILES string of the molecule is COc1ccc([C@@H]2CC(c3ccc(C)cc3C)=NN2C(=O)CN2N=N[C@@H]3C(=O)N(c4c(Cl)cccc4Cl)C(=O)[C@@H]32)cc1. The van der Waals surface area contributed by atoms with Crippen molar-refractivity contribution < 1.29 is 19.1 Å². The van der Waals surface area contributed by atoms with Gasteiger partial charge in [0.2, 0.25) is 0 Å². The summed E-state index contributed by atoms with van der Waals surface area (Å²) in [5, 5.41) is 15.8. The number of carbonyl (C=O) groups is 3. The Hall–Kier alpha value is -4.28. The number of nitrogens with zero attached hydrogens (tertiary/aromatic N) is 6. The van der Waals surface area contributed by atoms with E-state index in [-0.39, 0.29) is 22.3 Å². The van der Waals surface area contributed by atoms with Crippen LogP contribution in [0.2, 0.25) is 10.0 Å². The molecule has 1 fully saturated rings. The summed E-state index contributed by atoms with van der Waals surface area (Å²) in [5.74, 6) is -0.914. The number of methoxy groups -OCH3 is 1. The molecule has 0 saturated carbocycles. The number of para-hydroxylation sites is 1. The van der Waals surface area contributed by atoms with Crippen molar-refractivity contribution in [2.75, 3.05) is 18.6 Å². The molecule has 10 nitrogen and oxygen atoms in total. The molecule has 214 valence electrons. The molecular formula is C30H26Cl2N6O4. The number of carbonyl (C=O) groups excluding carboxylic acids is 3. The maximum atomic E-state index is 13.9. The molecule has 12 heteroatoms. The number of benzene rings is 3. The minimum absolute atomic E-state index is 0.0912. The van der Waals surface area contributed by atoms with E-state index in [2.05, 4.69) is 16.4 Å². The van der Waals surface area contributed by atoms with Gasteiger partial charge in [0, 0.05) is 12.0 Å². The van der Waals surface area contributed by atoms with Gasteiger partial charge in [0.15, 0.2) is 12.1 Å². The number of aryl methyl sites for hydroxylation is 2. The highest BCUT2D eigenvalue weighted by molar-refractivity contribution is 6.42. The average molecular weight is 605 g/mol. The average Bonchev–Trinajstić information content (AvgIpc) is 3.65. The number of hydrazone groups is 1. The molecular weight excluding hydrogens is 579 g/mol. The summed E-state index contributed by atoms with van der Waals surface area (Å²) in [6.07, 6.45) is 0.492. The Balaban J connectivity index is 1.29. The van der Waals surface area contributed by atoms with Crippen LogP contribution in [0.1, 0.15) is 34.7 Å². The third-order valence-electron chi connectivity index (χ3n) is 7.68. The predicted molar refractivity (Wildman–Crippen MR) is 158 cm³/mol. The largest absolute Gasteiger partial charge is 0.497 e. The van der Waals surface area contributed by atoms with Gasteiger partial charge in [-0.3, -0.25) is 19.4 Å². The van der Waals surface area contributed by atoms with Crippen LogP contribution in [-0.4, -0.2) is 59.2 Å². The number of ether oxygens (including phenoxy) is 1. The molecule has 3 aliphatic rings. The first-order valence-corrected chi connectivity index (χ1v) is 14.0. The summed E-state index contributed by atoms with van der Waals surface area (Å²) in [5.41, 5.74) is 4.88. The van der Waals surface area contributed by atoms with Gasteiger partial charge in [0.1, 0.15) is 12.3 Å². The highest BCUT2D eigenvalue weighted by Crippen LogP contribution is 2.40. The van der Waals surface area contributed by atoms with E-state index in [4.69, 9.17) is 33.0 Å². The third-order valence-corrected chi connectivity index (χ3v) is 8.29. The van der Waals surface area contributed by atoms with E-state index in [0.29, 0.717) is 12.2 Å². The summed E-state index contributed by atoms with van der Waals surface area (Å²) < 4.78 is 5.31. The second-order valence-electron chi connectivity index (χ2n) is 10.4. The van der Waals surface area contributed by atoms with Gasteiger partial charge in [-0.1, -0.05) is 70.4 Å². The fraction of sp³-hybridized carbons (Fsp3) is 0.267. The van der Waals surface area contributed by atoms with Crippen molar-refractivity contribution in [3.8, 4) is 5.75 Å². The summed E-state index contributed by atoms with van der Waals surface area (Å²) in [7, 11) is 1.59. The number of rotatable bonds is 6. The van der Waals surface area contributed by atoms with Crippen LogP contribution in [0.15, 0.2) is 76.1 Å². The van der Waals surface area contributed by atoms with Crippen molar-refractivity contribution >= 4 is 52.3 Å². The van der Waals surface area contributed by atoms with Crippen LogP contribution in [0.5, 0.6) is 5.75 Å². The molecule has 0 spiro atoms. The van der Waals surface area contributed by atoms with E-state index < -0.39 is 35.8 Å². The first-order valence-electron chi connectivity index (χ1n) is 13.3. The lowest BCUT2D eigenvalue weighted by molar-refractivity contribution is -0.135. The molecule has 0 aliphatic carbocycles. The van der Waals surface area contributed by atoms with E-state index >= 15 is 0 Å². The molecule has 3 atom stereocenters. The second-order valence-corrected chi connectivity index (χ2v) is 11.2. The van der Waals surface area contributed by atoms with Crippen LogP contribution in [0, 0.1) is 13.8 Å². The van der Waals surface area contributed by atoms with Crippen LogP contribution in [0.25, 0.3) is 0 Å². The number of anilines is 1. The van der Waals surface area contributed by atoms with Gasteiger partial charge >= 0.3 is 0 Å². The van der Waals surface area contributed by atoms with Crippen molar-refractivity contribution in [1.29, 1.82) is 0 Å². The minimum Gasteiger partial charge on any atom is -0.497 e. The number of hydrogen-bond donors (Lipinski definition) is 0. The quantitative estimate of drug-likeness (QED) is 0.355. The molecule has 3 aromatic rings. The Morgan fingerprint density at radius 3 is 2.38 bits per heavy atom. The number of halogens is 2. The maximum absolute atomic E-state index is 13.9. The normalized spacial score (nSPS) is 21.3. The first kappa shape index (κ1) is 27.9. The summed E-state index contributed by atoms with van der Waals surface area (Å²) in [6, 6.07) is 15.7. The van der Waals surface area contributed by atoms with Gasteiger partial charge in [-0.2, -0.15) is 10.2 Å². The van der Waals surface area contributed by atoms with E-state index in [1.807, 2.05) is 50.2 Å². The zero-order valence-electron chi connectivity index (χ0n) is 23.0. The van der Waals surface area contributed by atoms with Crippen molar-refractivity contribution in [3.05, 3.63) is 93.0 Å². The van der Waals surface area contributed by atoms with Crippen molar-refractivity contribution in [1.82, 2.24) is 10.0 Å². The third kappa shape index (κ3) is 4.70. The zero-order chi connectivity index (χ0) is 29.7. The molecule has 42 heavy (non-hydrogen) atoms. The van der Waals surface area contributed by atoms with Gasteiger partial charge < -0.3 is 4.74 Å². The molecule has 0 unspecified atom stereocenters. The van der Waals surface area contributed by atoms with E-state index in [9.17, 15) is 14.4 Å². The number of fused-ring (bicyclic) bond motifs is 1. The van der Waals surface area contributed by atoms with E-state index in [1.54, 1.807) is 13.2 Å². The molecule has 0 aromatic heterocycles. The molecule has 0 bridgehead atoms. The molecule has 3 aliphatic heterocycles. The van der Waals surface area contributed by atoms with Gasteiger partial charge in [-0.25, -0.2) is 9.91 Å². The Kier molecular flexibility index (Phi) is 7.20. The van der Waals surface area contributed by atoms with Crippen LogP contribution in [0.4, 0.5) is 5.69 Å². The summed E-state index contributed by atoms with van der Waals surface area (Å²) in [4.78, 5) is 41.5. The summed E-state index contributed by atoms with van der Waals surface area (Å²) in [6.45, 7) is 3.73. The monoisotopic (exact) mass is 604 g/mol. The molecule has 3 heterocycles. The molecule has 0 N–H and O–H groups in total. The van der Waals surface area contributed by atoms with Crippen molar-refractivity contribution in [3.63, 3.8) is 0 Å². The lowest BCUT2D eigenvalue weighted by atomic mass is 9.95. The van der Waals surface area contributed by atoms with Gasteiger partial charge in [0.05, 0.1) is 34.6 Å². The Labute approximate surface area is 252 Å². The van der Waals surface area contributed by atoms with Gasteiger partial charge in [0.25, 0.3) is 17.7 Å². The molecule has 3 aromatic carbocycles. The molecule has 1 saturated heterocycles. The number of imide groups is 1. The molecule has 3 amide bonds. The van der Waals surface area contributed by atoms with Crippen molar-refractivity contribution in [2.45, 2.75) is 38.4 Å². The Morgan fingerprint density at radius 1 is 1.00 bits per heavy atom. The highest BCUT2D eigenvalue weighted by atomic mass is 35.5. The standard InChI is InChI=1S/C30H26Cl2N6O4/c1-16-7-12-20(17(2)13-16)23-14-24(18-8-10-19(42-3)11-9-18)38(34-23)25(39)15-36-28-26(33-35-36)29(40)37(30(28)41)27-21(31)5-4-6-22(27)32/h4-13,24,26,28H,14-15H2,1-3H3/t24-,26-,28+/m0/s1. The highest BCUT2D eigenvalue weighted by Gasteiger charge is 2.56. The van der Waals surface area contributed by atoms with Crippen LogP contribution < -0.4 is 9.64 Å². The van der Waals surface area contributed by atoms with Crippen LogP contribution in [0.3, 0.4) is 0 Å². The Morgan fingerprint density at radius 2 is 1.71 bits per heavy atom. The summed E-state index contributed by atoms with van der Waals surface area (Å²) >= 11 is 12.6. The number of amides is 3. The fourth-order valence-corrected chi connectivity index (χ4v) is 6.18. The minimum atomic E-state index is -1.11. The second kappa shape index (κ2) is 10.8. The van der Waals surface area contributed by atoms with Crippen LogP contribution in [-0.2, 0) is 14.4 Å². The van der Waals surface area contributed by atoms with Crippen molar-refractivity contribution in [2.24, 2.45) is 15.4 Å². The topological polar surface area (TPSA) is 107 Å². The van der Waals surface area contributed by atoms with E-state index in [0.717, 1.165) is 32.9 Å².